The van der Waals surface area contributed by atoms with Gasteiger partial charge < -0.3 is 9.77 Å². The molecule has 0 radical (unpaired) electrons. The zero-order valence-corrected chi connectivity index (χ0v) is 22.1. The fourth-order valence-electron chi connectivity index (χ4n) is 5.71. The van der Waals surface area contributed by atoms with E-state index in [9.17, 15) is 15.3 Å². The summed E-state index contributed by atoms with van der Waals surface area (Å²) in [6.07, 6.45) is 4.55. The molecule has 1 aromatic heterocycles. The van der Waals surface area contributed by atoms with Crippen LogP contribution in [0, 0.1) is 23.0 Å². The van der Waals surface area contributed by atoms with Crippen molar-refractivity contribution in [3.63, 3.8) is 0 Å². The number of nitro benzene ring substituents is 1. The molecule has 0 saturated heterocycles. The number of fused-ring (bicyclic) bond motifs is 5. The molecule has 4 aromatic carbocycles. The van der Waals surface area contributed by atoms with Gasteiger partial charge in [-0.2, -0.15) is 0 Å². The van der Waals surface area contributed by atoms with Crippen molar-refractivity contribution in [2.75, 3.05) is 0 Å². The fraction of sp³-hybridized carbons (Fsp3) is 0.281. The van der Waals surface area contributed by atoms with Crippen LogP contribution in [0.2, 0.25) is 0 Å². The fourth-order valence-corrected chi connectivity index (χ4v) is 5.71. The second-order valence-corrected chi connectivity index (χ2v) is 10.1. The van der Waals surface area contributed by atoms with Crippen LogP contribution >= 0.6 is 0 Å². The predicted molar refractivity (Wildman–Crippen MR) is 156 cm³/mol. The number of benzene rings is 4. The molecule has 0 aliphatic carbocycles. The highest BCUT2D eigenvalue weighted by atomic mass is 16.6. The van der Waals surface area contributed by atoms with E-state index in [4.69, 9.17) is 0 Å². The van der Waals surface area contributed by atoms with Gasteiger partial charge in [0.25, 0.3) is 5.69 Å². The molecular formula is C32H33N3O3. The number of aryl methyl sites for hydroxylation is 1. The monoisotopic (exact) mass is 507 g/mol. The first-order valence-corrected chi connectivity index (χ1v) is 13.4. The Morgan fingerprint density at radius 2 is 1.71 bits per heavy atom. The normalized spacial score (nSPS) is 13.0. The molecule has 1 N–H and O–H groups in total. The van der Waals surface area contributed by atoms with E-state index >= 15 is 0 Å². The van der Waals surface area contributed by atoms with Gasteiger partial charge >= 0.3 is 0 Å². The second kappa shape index (κ2) is 10.7. The molecule has 38 heavy (non-hydrogen) atoms. The summed E-state index contributed by atoms with van der Waals surface area (Å²) in [6, 6.07) is 23.2. The maximum absolute atomic E-state index is 12.1. The van der Waals surface area contributed by atoms with Crippen LogP contribution in [0.4, 0.5) is 5.69 Å². The van der Waals surface area contributed by atoms with Crippen molar-refractivity contribution in [1.29, 1.82) is 0 Å². The molecule has 0 aliphatic heterocycles. The zero-order chi connectivity index (χ0) is 26.8. The third-order valence-corrected chi connectivity index (χ3v) is 7.80. The highest BCUT2D eigenvalue weighted by Gasteiger charge is 2.23. The molecule has 1 atom stereocenters. The van der Waals surface area contributed by atoms with Crippen molar-refractivity contribution in [2.24, 2.45) is 11.1 Å². The van der Waals surface area contributed by atoms with Gasteiger partial charge in [-0.3, -0.25) is 10.1 Å². The Hall–Kier alpha value is -4.19. The first-order chi connectivity index (χ1) is 18.5. The van der Waals surface area contributed by atoms with Crippen molar-refractivity contribution in [3.8, 4) is 0 Å². The number of hydrogen-bond donors (Lipinski definition) is 1. The van der Waals surface area contributed by atoms with E-state index in [1.165, 1.54) is 6.42 Å². The van der Waals surface area contributed by atoms with Crippen molar-refractivity contribution < 1.29 is 10.1 Å². The lowest BCUT2D eigenvalue weighted by molar-refractivity contribution is -0.382. The topological polar surface area (TPSA) is 80.7 Å². The first-order valence-electron chi connectivity index (χ1n) is 13.4. The number of oxime groups is 1. The highest BCUT2D eigenvalue weighted by Crippen LogP contribution is 2.40. The molecule has 1 unspecified atom stereocenters. The summed E-state index contributed by atoms with van der Waals surface area (Å²) in [4.78, 5) is 11.8. The van der Waals surface area contributed by atoms with Crippen LogP contribution in [0.1, 0.15) is 56.2 Å². The van der Waals surface area contributed by atoms with Crippen LogP contribution in [-0.2, 0) is 6.54 Å². The maximum atomic E-state index is 12.1. The quantitative estimate of drug-likeness (QED) is 0.0938. The van der Waals surface area contributed by atoms with Gasteiger partial charge in [0.15, 0.2) is 0 Å². The minimum Gasteiger partial charge on any atom is -0.410 e. The van der Waals surface area contributed by atoms with Crippen molar-refractivity contribution in [2.45, 2.75) is 53.0 Å². The lowest BCUT2D eigenvalue weighted by Gasteiger charge is -2.18. The van der Waals surface area contributed by atoms with Crippen molar-refractivity contribution in [1.82, 2.24) is 4.57 Å². The van der Waals surface area contributed by atoms with E-state index in [0.717, 1.165) is 69.7 Å². The van der Waals surface area contributed by atoms with Crippen LogP contribution in [0.15, 0.2) is 78.0 Å². The second-order valence-electron chi connectivity index (χ2n) is 10.1. The number of nitro groups is 1. The summed E-state index contributed by atoms with van der Waals surface area (Å²) in [5.74, 6) is 0.504. The molecule has 0 spiro atoms. The van der Waals surface area contributed by atoms with E-state index in [-0.39, 0.29) is 10.6 Å². The molecule has 0 aliphatic rings. The molecule has 1 heterocycles. The average molecular weight is 508 g/mol. The minimum absolute atomic E-state index is 0.102. The molecule has 6 nitrogen and oxygen atoms in total. The smallest absolute Gasteiger partial charge is 0.277 e. The first kappa shape index (κ1) is 25.5. The van der Waals surface area contributed by atoms with E-state index in [2.05, 4.69) is 29.6 Å². The van der Waals surface area contributed by atoms with Crippen LogP contribution in [0.3, 0.4) is 0 Å². The highest BCUT2D eigenvalue weighted by molar-refractivity contribution is 6.22. The summed E-state index contributed by atoms with van der Waals surface area (Å²) >= 11 is 0. The summed E-state index contributed by atoms with van der Waals surface area (Å²) in [6.45, 7) is 7.29. The number of unbranched alkanes of at least 4 members (excludes halogenated alkanes) is 1. The number of rotatable bonds is 9. The van der Waals surface area contributed by atoms with Gasteiger partial charge in [0, 0.05) is 45.4 Å². The Balaban J connectivity index is 1.82. The van der Waals surface area contributed by atoms with E-state index in [0.29, 0.717) is 17.0 Å². The zero-order valence-electron chi connectivity index (χ0n) is 22.1. The molecule has 0 saturated carbocycles. The summed E-state index contributed by atoms with van der Waals surface area (Å²) < 4.78 is 2.36. The predicted octanol–water partition coefficient (Wildman–Crippen LogP) is 8.61. The Morgan fingerprint density at radius 1 is 0.974 bits per heavy atom. The van der Waals surface area contributed by atoms with Gasteiger partial charge in [0.1, 0.15) is 5.71 Å². The Morgan fingerprint density at radius 3 is 2.39 bits per heavy atom. The summed E-state index contributed by atoms with van der Waals surface area (Å²) in [5.41, 5.74) is 5.26. The van der Waals surface area contributed by atoms with Crippen molar-refractivity contribution >= 4 is 44.0 Å². The SMILES string of the molecule is CCCCC(CC)Cn1c2ccc(C(=NO)c3ccccc3C)cc2c2cc([N+](=O)[O-])c3ccccc3c21. The number of hydrogen-bond acceptors (Lipinski definition) is 4. The molecule has 194 valence electrons. The molecular weight excluding hydrogens is 474 g/mol. The Bertz CT molecular complexity index is 1680. The van der Waals surface area contributed by atoms with E-state index in [1.54, 1.807) is 6.07 Å². The molecule has 0 fully saturated rings. The van der Waals surface area contributed by atoms with Gasteiger partial charge in [-0.05, 0) is 43.0 Å². The van der Waals surface area contributed by atoms with Gasteiger partial charge in [0.05, 0.1) is 15.8 Å². The van der Waals surface area contributed by atoms with Crippen LogP contribution in [0.25, 0.3) is 32.6 Å². The molecule has 6 heteroatoms. The lowest BCUT2D eigenvalue weighted by Crippen LogP contribution is -2.10. The number of nitrogens with zero attached hydrogens (tertiary/aromatic N) is 3. The standard InChI is InChI=1S/C32H33N3O3/c1-4-6-12-22(5-2)20-34-29-17-16-23(31(33-36)24-13-8-7-11-21(24)3)18-27(29)28-19-30(35(37)38)25-14-9-10-15-26(25)32(28)34/h7-11,13-19,22,36H,4-6,12,20H2,1-3H3. The number of non-ortho nitro benzene ring substituents is 1. The molecule has 5 aromatic rings. The summed E-state index contributed by atoms with van der Waals surface area (Å²) in [7, 11) is 0. The average Bonchev–Trinajstić information content (AvgIpc) is 3.24. The summed E-state index contributed by atoms with van der Waals surface area (Å²) in [5, 5.41) is 29.1. The lowest BCUT2D eigenvalue weighted by atomic mass is 9.96. The Labute approximate surface area is 222 Å². The van der Waals surface area contributed by atoms with Crippen LogP contribution < -0.4 is 0 Å². The van der Waals surface area contributed by atoms with Crippen LogP contribution in [0.5, 0.6) is 0 Å². The van der Waals surface area contributed by atoms with Gasteiger partial charge in [-0.1, -0.05) is 86.8 Å². The largest absolute Gasteiger partial charge is 0.410 e. The Kier molecular flexibility index (Phi) is 7.14. The molecule has 0 amide bonds. The van der Waals surface area contributed by atoms with Gasteiger partial charge in [-0.25, -0.2) is 0 Å². The van der Waals surface area contributed by atoms with Crippen molar-refractivity contribution in [3.05, 3.63) is 99.6 Å². The third kappa shape index (κ3) is 4.40. The maximum Gasteiger partial charge on any atom is 0.277 e. The van der Waals surface area contributed by atoms with Crippen LogP contribution in [-0.4, -0.2) is 20.4 Å². The van der Waals surface area contributed by atoms with Gasteiger partial charge in [-0.15, -0.1) is 0 Å². The minimum atomic E-state index is -0.293. The van der Waals surface area contributed by atoms with E-state index < -0.39 is 0 Å². The molecule has 5 rings (SSSR count). The number of aromatic nitrogens is 1. The van der Waals surface area contributed by atoms with Gasteiger partial charge in [0.2, 0.25) is 0 Å². The molecule has 0 bridgehead atoms. The third-order valence-electron chi connectivity index (χ3n) is 7.80. The van der Waals surface area contributed by atoms with E-state index in [1.807, 2.05) is 67.6 Å².